The molecule has 1 aromatic carbocycles. The molecule has 88 valence electrons. The Morgan fingerprint density at radius 1 is 1.50 bits per heavy atom. The van der Waals surface area contributed by atoms with E-state index < -0.39 is 0 Å². The number of nitrogens with zero attached hydrogens (tertiary/aromatic N) is 1. The molecule has 1 aliphatic heterocycles. The molecule has 1 saturated heterocycles. The molecule has 2 rings (SSSR count). The van der Waals surface area contributed by atoms with Gasteiger partial charge in [0, 0.05) is 36.7 Å². The lowest BCUT2D eigenvalue weighted by molar-refractivity contribution is 0.199. The van der Waals surface area contributed by atoms with Crippen LogP contribution in [0.1, 0.15) is 18.1 Å². The van der Waals surface area contributed by atoms with Gasteiger partial charge in [-0.1, -0.05) is 28.1 Å². The molecule has 0 aliphatic carbocycles. The van der Waals surface area contributed by atoms with Crippen molar-refractivity contribution in [2.45, 2.75) is 26.4 Å². The van der Waals surface area contributed by atoms with E-state index in [1.807, 2.05) is 0 Å². The third-order valence-corrected chi connectivity index (χ3v) is 3.95. The molecule has 0 bridgehead atoms. The molecule has 1 aromatic rings. The maximum absolute atomic E-state index is 3.59. The first-order valence-electron chi connectivity index (χ1n) is 5.86. The fourth-order valence-corrected chi connectivity index (χ4v) is 2.57. The highest BCUT2D eigenvalue weighted by Gasteiger charge is 2.15. The van der Waals surface area contributed by atoms with E-state index in [4.69, 9.17) is 0 Å². The van der Waals surface area contributed by atoms with Crippen LogP contribution in [0.25, 0.3) is 0 Å². The summed E-state index contributed by atoms with van der Waals surface area (Å²) in [7, 11) is 0. The molecule has 2 nitrogen and oxygen atoms in total. The number of aryl methyl sites for hydroxylation is 1. The lowest BCUT2D eigenvalue weighted by Gasteiger charge is -2.31. The molecule has 0 spiro atoms. The third kappa shape index (κ3) is 3.06. The van der Waals surface area contributed by atoms with Crippen LogP contribution in [0.2, 0.25) is 0 Å². The van der Waals surface area contributed by atoms with Gasteiger partial charge >= 0.3 is 0 Å². The Hall–Kier alpha value is -0.380. The minimum absolute atomic E-state index is 0.614. The molecule has 0 unspecified atom stereocenters. The number of rotatable bonds is 2. The molecule has 1 heterocycles. The molecule has 1 atom stereocenters. The van der Waals surface area contributed by atoms with Gasteiger partial charge in [-0.05, 0) is 31.0 Å². The summed E-state index contributed by atoms with van der Waals surface area (Å²) in [6.45, 7) is 8.83. The van der Waals surface area contributed by atoms with Crippen LogP contribution in [0.3, 0.4) is 0 Å². The highest BCUT2D eigenvalue weighted by molar-refractivity contribution is 9.10. The van der Waals surface area contributed by atoms with Gasteiger partial charge in [0.25, 0.3) is 0 Å². The van der Waals surface area contributed by atoms with E-state index in [0.29, 0.717) is 6.04 Å². The average Bonchev–Trinajstić information content (AvgIpc) is 2.24. The standard InChI is InChI=1S/C13H19BrN2/c1-10-3-4-12(7-13(10)14)9-16-6-5-15-11(2)8-16/h3-4,7,11,15H,5-6,8-9H2,1-2H3/t11-/m0/s1. The number of benzene rings is 1. The number of piperazine rings is 1. The third-order valence-electron chi connectivity index (χ3n) is 3.10. The molecule has 1 N–H and O–H groups in total. The Bertz CT molecular complexity index is 365. The summed E-state index contributed by atoms with van der Waals surface area (Å²) < 4.78 is 1.22. The van der Waals surface area contributed by atoms with Gasteiger partial charge in [0.1, 0.15) is 0 Å². The van der Waals surface area contributed by atoms with Gasteiger partial charge < -0.3 is 5.32 Å². The van der Waals surface area contributed by atoms with Crippen LogP contribution in [-0.4, -0.2) is 30.6 Å². The Labute approximate surface area is 106 Å². The Kier molecular flexibility index (Phi) is 4.00. The second-order valence-electron chi connectivity index (χ2n) is 4.67. The van der Waals surface area contributed by atoms with Gasteiger partial charge in [0.2, 0.25) is 0 Å². The van der Waals surface area contributed by atoms with E-state index in [2.05, 4.69) is 58.2 Å². The van der Waals surface area contributed by atoms with Crippen molar-refractivity contribution in [1.82, 2.24) is 10.2 Å². The van der Waals surface area contributed by atoms with Crippen molar-refractivity contribution >= 4 is 15.9 Å². The molecule has 16 heavy (non-hydrogen) atoms. The second kappa shape index (κ2) is 5.30. The zero-order valence-corrected chi connectivity index (χ0v) is 11.5. The molecular weight excluding hydrogens is 264 g/mol. The lowest BCUT2D eigenvalue weighted by atomic mass is 10.1. The SMILES string of the molecule is Cc1ccc(CN2CCN[C@@H](C)C2)cc1Br. The van der Waals surface area contributed by atoms with Crippen LogP contribution in [0.15, 0.2) is 22.7 Å². The monoisotopic (exact) mass is 282 g/mol. The van der Waals surface area contributed by atoms with Crippen LogP contribution in [0.4, 0.5) is 0 Å². The topological polar surface area (TPSA) is 15.3 Å². The van der Waals surface area contributed by atoms with E-state index in [-0.39, 0.29) is 0 Å². The zero-order valence-electron chi connectivity index (χ0n) is 9.96. The van der Waals surface area contributed by atoms with Gasteiger partial charge in [0.15, 0.2) is 0 Å². The number of nitrogens with one attached hydrogen (secondary N) is 1. The Morgan fingerprint density at radius 2 is 2.31 bits per heavy atom. The minimum Gasteiger partial charge on any atom is -0.312 e. The average molecular weight is 283 g/mol. The van der Waals surface area contributed by atoms with Crippen molar-refractivity contribution in [2.75, 3.05) is 19.6 Å². The summed E-state index contributed by atoms with van der Waals surface area (Å²) in [6.07, 6.45) is 0. The molecule has 0 aromatic heterocycles. The molecule has 1 fully saturated rings. The van der Waals surface area contributed by atoms with E-state index in [9.17, 15) is 0 Å². The van der Waals surface area contributed by atoms with Gasteiger partial charge in [-0.3, -0.25) is 4.90 Å². The van der Waals surface area contributed by atoms with E-state index in [0.717, 1.165) is 26.2 Å². The lowest BCUT2D eigenvalue weighted by Crippen LogP contribution is -2.48. The van der Waals surface area contributed by atoms with Crippen molar-refractivity contribution in [1.29, 1.82) is 0 Å². The molecule has 0 saturated carbocycles. The first-order chi connectivity index (χ1) is 7.65. The quantitative estimate of drug-likeness (QED) is 0.897. The number of hydrogen-bond acceptors (Lipinski definition) is 2. The second-order valence-corrected chi connectivity index (χ2v) is 5.53. The van der Waals surface area contributed by atoms with Crippen LogP contribution in [0.5, 0.6) is 0 Å². The maximum Gasteiger partial charge on any atom is 0.0235 e. The number of hydrogen-bond donors (Lipinski definition) is 1. The van der Waals surface area contributed by atoms with Gasteiger partial charge in [-0.2, -0.15) is 0 Å². The summed E-state index contributed by atoms with van der Waals surface area (Å²) in [6, 6.07) is 7.27. The zero-order chi connectivity index (χ0) is 11.5. The molecular formula is C13H19BrN2. The van der Waals surface area contributed by atoms with E-state index >= 15 is 0 Å². The van der Waals surface area contributed by atoms with Crippen molar-refractivity contribution in [3.05, 3.63) is 33.8 Å². The summed E-state index contributed by atoms with van der Waals surface area (Å²) in [5.74, 6) is 0. The summed E-state index contributed by atoms with van der Waals surface area (Å²) >= 11 is 3.59. The fraction of sp³-hybridized carbons (Fsp3) is 0.538. The predicted molar refractivity (Wildman–Crippen MR) is 71.6 cm³/mol. The highest BCUT2D eigenvalue weighted by Crippen LogP contribution is 2.18. The van der Waals surface area contributed by atoms with Gasteiger partial charge in [-0.15, -0.1) is 0 Å². The van der Waals surface area contributed by atoms with Crippen molar-refractivity contribution in [3.8, 4) is 0 Å². The molecule has 3 heteroatoms. The van der Waals surface area contributed by atoms with Crippen LogP contribution < -0.4 is 5.32 Å². The summed E-state index contributed by atoms with van der Waals surface area (Å²) in [4.78, 5) is 2.51. The van der Waals surface area contributed by atoms with E-state index in [1.54, 1.807) is 0 Å². The van der Waals surface area contributed by atoms with Crippen LogP contribution in [0, 0.1) is 6.92 Å². The summed E-state index contributed by atoms with van der Waals surface area (Å²) in [5, 5.41) is 3.47. The molecule has 0 radical (unpaired) electrons. The van der Waals surface area contributed by atoms with E-state index in [1.165, 1.54) is 15.6 Å². The maximum atomic E-state index is 3.59. The van der Waals surface area contributed by atoms with Crippen LogP contribution in [-0.2, 0) is 6.54 Å². The summed E-state index contributed by atoms with van der Waals surface area (Å²) in [5.41, 5.74) is 2.70. The Morgan fingerprint density at radius 3 is 3.00 bits per heavy atom. The number of halogens is 1. The van der Waals surface area contributed by atoms with Crippen LogP contribution >= 0.6 is 15.9 Å². The molecule has 1 aliphatic rings. The van der Waals surface area contributed by atoms with Gasteiger partial charge in [0.05, 0.1) is 0 Å². The van der Waals surface area contributed by atoms with Gasteiger partial charge in [-0.25, -0.2) is 0 Å². The first-order valence-corrected chi connectivity index (χ1v) is 6.65. The predicted octanol–water partition coefficient (Wildman–Crippen LogP) is 2.55. The molecule has 0 amide bonds. The normalized spacial score (nSPS) is 22.3. The largest absolute Gasteiger partial charge is 0.312 e. The Balaban J connectivity index is 2.00. The van der Waals surface area contributed by atoms with Crippen molar-refractivity contribution < 1.29 is 0 Å². The highest BCUT2D eigenvalue weighted by atomic mass is 79.9. The van der Waals surface area contributed by atoms with Crippen molar-refractivity contribution in [3.63, 3.8) is 0 Å². The first kappa shape index (κ1) is 12.1. The minimum atomic E-state index is 0.614. The van der Waals surface area contributed by atoms with Crippen molar-refractivity contribution in [2.24, 2.45) is 0 Å². The smallest absolute Gasteiger partial charge is 0.0235 e. The fourth-order valence-electron chi connectivity index (χ4n) is 2.15.